The highest BCUT2D eigenvalue weighted by Gasteiger charge is 2.39. The van der Waals surface area contributed by atoms with Gasteiger partial charge < -0.3 is 20.1 Å². The van der Waals surface area contributed by atoms with Gasteiger partial charge in [-0.15, -0.1) is 11.3 Å². The van der Waals surface area contributed by atoms with E-state index in [0.717, 1.165) is 5.69 Å². The number of carboxylic acid groups (broad SMARTS) is 1. The van der Waals surface area contributed by atoms with E-state index in [9.17, 15) is 9.59 Å². The zero-order chi connectivity index (χ0) is 17.1. The van der Waals surface area contributed by atoms with Gasteiger partial charge in [0.2, 0.25) is 0 Å². The third-order valence-corrected chi connectivity index (χ3v) is 4.52. The van der Waals surface area contributed by atoms with Gasteiger partial charge in [0.1, 0.15) is 5.60 Å². The molecule has 0 aromatic carbocycles. The van der Waals surface area contributed by atoms with E-state index in [2.05, 4.69) is 10.3 Å². The second-order valence-electron chi connectivity index (χ2n) is 6.78. The van der Waals surface area contributed by atoms with Crippen LogP contribution < -0.4 is 5.32 Å². The van der Waals surface area contributed by atoms with E-state index in [0.29, 0.717) is 32.5 Å². The molecule has 0 spiro atoms. The molecule has 0 saturated carbocycles. The Kier molecular flexibility index (Phi) is 5.13. The quantitative estimate of drug-likeness (QED) is 0.882. The fourth-order valence-corrected chi connectivity index (χ4v) is 3.35. The first-order valence-corrected chi connectivity index (χ1v) is 8.50. The number of thiazole rings is 1. The second kappa shape index (κ2) is 6.74. The molecule has 1 aliphatic heterocycles. The molecule has 2 rings (SSSR count). The number of carbonyl (C=O) groups is 2. The summed E-state index contributed by atoms with van der Waals surface area (Å²) in [4.78, 5) is 28.8. The van der Waals surface area contributed by atoms with E-state index < -0.39 is 17.8 Å². The Morgan fingerprint density at radius 2 is 2.09 bits per heavy atom. The third kappa shape index (κ3) is 4.57. The number of likely N-dealkylation sites (tertiary alicyclic amines) is 1. The van der Waals surface area contributed by atoms with Crippen LogP contribution >= 0.6 is 11.3 Å². The van der Waals surface area contributed by atoms with Gasteiger partial charge in [-0.3, -0.25) is 0 Å². The van der Waals surface area contributed by atoms with Crippen LogP contribution in [0.3, 0.4) is 0 Å². The summed E-state index contributed by atoms with van der Waals surface area (Å²) in [7, 11) is 0. The van der Waals surface area contributed by atoms with Gasteiger partial charge in [-0.2, -0.15) is 0 Å². The van der Waals surface area contributed by atoms with Crippen LogP contribution in [0, 0.1) is 0 Å². The number of ether oxygens (including phenoxy) is 1. The van der Waals surface area contributed by atoms with Crippen LogP contribution in [0.15, 0.2) is 10.9 Å². The maximum atomic E-state index is 11.9. The van der Waals surface area contributed by atoms with Gasteiger partial charge in [0.25, 0.3) is 0 Å². The monoisotopic (exact) mass is 341 g/mol. The molecule has 0 radical (unpaired) electrons. The number of alkyl carbamates (subject to hydrolysis) is 1. The van der Waals surface area contributed by atoms with Gasteiger partial charge in [-0.25, -0.2) is 14.6 Å². The van der Waals surface area contributed by atoms with Gasteiger partial charge in [-0.05, 0) is 33.6 Å². The largest absolute Gasteiger partial charge is 0.465 e. The molecule has 2 amide bonds. The summed E-state index contributed by atoms with van der Waals surface area (Å²) >= 11 is 1.50. The highest BCUT2D eigenvalue weighted by Crippen LogP contribution is 2.35. The molecule has 0 bridgehead atoms. The topological polar surface area (TPSA) is 91.8 Å². The first kappa shape index (κ1) is 17.5. The predicted molar refractivity (Wildman–Crippen MR) is 86.9 cm³/mol. The lowest BCUT2D eigenvalue weighted by Gasteiger charge is -2.40. The van der Waals surface area contributed by atoms with Crippen molar-refractivity contribution in [3.63, 3.8) is 0 Å². The fourth-order valence-electron chi connectivity index (χ4n) is 2.68. The molecule has 1 saturated heterocycles. The summed E-state index contributed by atoms with van der Waals surface area (Å²) in [6, 6.07) is 0. The lowest BCUT2D eigenvalue weighted by Crippen LogP contribution is -2.50. The van der Waals surface area contributed by atoms with Gasteiger partial charge in [0.15, 0.2) is 0 Å². The zero-order valence-corrected chi connectivity index (χ0v) is 14.5. The maximum Gasteiger partial charge on any atom is 0.407 e. The van der Waals surface area contributed by atoms with Crippen molar-refractivity contribution in [2.75, 3.05) is 19.6 Å². The van der Waals surface area contributed by atoms with Crippen molar-refractivity contribution in [3.05, 3.63) is 16.6 Å². The fraction of sp³-hybridized carbons (Fsp3) is 0.667. The van der Waals surface area contributed by atoms with E-state index in [1.807, 2.05) is 26.2 Å². The van der Waals surface area contributed by atoms with Crippen molar-refractivity contribution < 1.29 is 19.4 Å². The lowest BCUT2D eigenvalue weighted by atomic mass is 9.76. The van der Waals surface area contributed by atoms with Crippen LogP contribution in [-0.2, 0) is 10.2 Å². The summed E-state index contributed by atoms with van der Waals surface area (Å²) in [5, 5.41) is 13.9. The van der Waals surface area contributed by atoms with Crippen molar-refractivity contribution in [1.29, 1.82) is 0 Å². The first-order chi connectivity index (χ1) is 10.7. The van der Waals surface area contributed by atoms with Crippen LogP contribution in [0.2, 0.25) is 0 Å². The minimum absolute atomic E-state index is 0.344. The lowest BCUT2D eigenvalue weighted by molar-refractivity contribution is 0.0495. The van der Waals surface area contributed by atoms with Gasteiger partial charge >= 0.3 is 12.2 Å². The average Bonchev–Trinajstić information content (AvgIpc) is 2.98. The van der Waals surface area contributed by atoms with Crippen molar-refractivity contribution in [3.8, 4) is 0 Å². The number of rotatable bonds is 3. The third-order valence-electron chi connectivity index (χ3n) is 3.94. The molecule has 2 N–H and O–H groups in total. The summed E-state index contributed by atoms with van der Waals surface area (Å²) < 4.78 is 5.28. The van der Waals surface area contributed by atoms with Crippen LogP contribution in [-0.4, -0.2) is 52.4 Å². The Balaban J connectivity index is 2.05. The van der Waals surface area contributed by atoms with Crippen molar-refractivity contribution in [1.82, 2.24) is 15.2 Å². The maximum absolute atomic E-state index is 11.9. The smallest absolute Gasteiger partial charge is 0.407 e. The van der Waals surface area contributed by atoms with Crippen molar-refractivity contribution in [2.45, 2.75) is 44.6 Å². The van der Waals surface area contributed by atoms with Crippen molar-refractivity contribution in [2.24, 2.45) is 0 Å². The molecule has 0 unspecified atom stereocenters. The number of carbonyl (C=O) groups excluding carboxylic acids is 1. The Hall–Kier alpha value is -1.83. The zero-order valence-electron chi connectivity index (χ0n) is 13.7. The molecule has 1 fully saturated rings. The Labute approximate surface area is 139 Å². The molecule has 7 nitrogen and oxygen atoms in total. The summed E-state index contributed by atoms with van der Waals surface area (Å²) in [6.45, 7) is 6.70. The normalized spacial score (nSPS) is 17.6. The van der Waals surface area contributed by atoms with E-state index >= 15 is 0 Å². The Morgan fingerprint density at radius 1 is 1.43 bits per heavy atom. The number of nitrogens with one attached hydrogen (secondary N) is 1. The summed E-state index contributed by atoms with van der Waals surface area (Å²) in [6.07, 6.45) is -0.123. The minimum Gasteiger partial charge on any atom is -0.465 e. The number of piperidine rings is 1. The molecule has 23 heavy (non-hydrogen) atoms. The minimum atomic E-state index is -0.906. The SMILES string of the molecule is CC(C)(C)OC(=O)NCC1(c2cscn2)CCN(C(=O)O)CC1. The molecule has 8 heteroatoms. The standard InChI is InChI=1S/C15H23N3O4S/c1-14(2,3)22-12(19)16-9-15(11-8-23-10-17-11)4-6-18(7-5-15)13(20)21/h8,10H,4-7,9H2,1-3H3,(H,16,19)(H,20,21). The van der Waals surface area contributed by atoms with Gasteiger partial charge in [0.05, 0.1) is 11.2 Å². The van der Waals surface area contributed by atoms with Crippen LogP contribution in [0.1, 0.15) is 39.3 Å². The van der Waals surface area contributed by atoms with Crippen LogP contribution in [0.25, 0.3) is 0 Å². The number of amides is 2. The molecular formula is C15H23N3O4S. The van der Waals surface area contributed by atoms with Gasteiger partial charge in [0, 0.05) is 30.4 Å². The number of hydrogen-bond donors (Lipinski definition) is 2. The van der Waals surface area contributed by atoms with Crippen LogP contribution in [0.5, 0.6) is 0 Å². The van der Waals surface area contributed by atoms with E-state index in [1.54, 1.807) is 5.51 Å². The second-order valence-corrected chi connectivity index (χ2v) is 7.50. The molecule has 2 heterocycles. The molecule has 0 aliphatic carbocycles. The number of hydrogen-bond acceptors (Lipinski definition) is 5. The van der Waals surface area contributed by atoms with E-state index in [4.69, 9.17) is 9.84 Å². The molecule has 1 aliphatic rings. The molecular weight excluding hydrogens is 318 g/mol. The average molecular weight is 341 g/mol. The molecule has 1 aromatic rings. The summed E-state index contributed by atoms with van der Waals surface area (Å²) in [5.41, 5.74) is 1.77. The highest BCUT2D eigenvalue weighted by molar-refractivity contribution is 7.07. The van der Waals surface area contributed by atoms with Crippen molar-refractivity contribution >= 4 is 23.5 Å². The van der Waals surface area contributed by atoms with Gasteiger partial charge in [-0.1, -0.05) is 0 Å². The number of nitrogens with zero attached hydrogens (tertiary/aromatic N) is 2. The Morgan fingerprint density at radius 3 is 2.57 bits per heavy atom. The molecule has 128 valence electrons. The summed E-state index contributed by atoms with van der Waals surface area (Å²) in [5.74, 6) is 0. The highest BCUT2D eigenvalue weighted by atomic mass is 32.1. The van der Waals surface area contributed by atoms with Crippen LogP contribution in [0.4, 0.5) is 9.59 Å². The predicted octanol–water partition coefficient (Wildman–Crippen LogP) is 2.68. The first-order valence-electron chi connectivity index (χ1n) is 7.55. The molecule has 0 atom stereocenters. The number of aromatic nitrogens is 1. The van der Waals surface area contributed by atoms with E-state index in [-0.39, 0.29) is 5.41 Å². The molecule has 1 aromatic heterocycles. The Bertz CT molecular complexity index is 546. The van der Waals surface area contributed by atoms with E-state index in [1.165, 1.54) is 16.2 Å².